The Morgan fingerprint density at radius 3 is 2.80 bits per heavy atom. The van der Waals surface area contributed by atoms with E-state index in [0.717, 1.165) is 33.6 Å². The smallest absolute Gasteiger partial charge is 0.353 e. The highest BCUT2D eigenvalue weighted by atomic mass is 32.2. The number of fused-ring (bicyclic) bond motifs is 1. The van der Waals surface area contributed by atoms with Gasteiger partial charge in [0.1, 0.15) is 34.9 Å². The number of nitrogens with two attached hydrogens (primary N) is 1. The Balaban J connectivity index is 1.53. The fraction of sp³-hybridized carbons (Fsp3) is 0.250. The standard InChI is InChI=1S/C20H18N6O6S3/c1-8-3-4-22-11(5-8)35-19(31)9-6-33-17-13(16(28)26(17)14(9)18(29)30)24-15(27)12(25-32-2)10-7-34-20(21)23-10/h3-5,7,13,17H,6H2,1-2H3,(H2,21,23)(H,24,27)(H,29,30)/t13?,17-/m0/s1. The molecule has 0 bridgehead atoms. The Hall–Kier alpha value is -3.43. The van der Waals surface area contributed by atoms with Crippen molar-refractivity contribution in [2.75, 3.05) is 18.6 Å². The lowest BCUT2D eigenvalue weighted by molar-refractivity contribution is -0.150. The van der Waals surface area contributed by atoms with Gasteiger partial charge < -0.3 is 21.0 Å². The second-order valence-electron chi connectivity index (χ2n) is 7.25. The molecule has 1 unspecified atom stereocenters. The van der Waals surface area contributed by atoms with Crippen LogP contribution in [0.25, 0.3) is 0 Å². The third kappa shape index (κ3) is 4.87. The third-order valence-corrected chi connectivity index (χ3v) is 7.77. The van der Waals surface area contributed by atoms with E-state index in [2.05, 4.69) is 20.4 Å². The number of carboxylic acids is 1. The van der Waals surface area contributed by atoms with E-state index in [0.29, 0.717) is 5.03 Å². The highest BCUT2D eigenvalue weighted by Gasteiger charge is 2.55. The van der Waals surface area contributed by atoms with Crippen LogP contribution in [-0.4, -0.2) is 72.9 Å². The second-order valence-corrected chi connectivity index (χ2v) is 10.2. The molecule has 4 N–H and O–H groups in total. The van der Waals surface area contributed by atoms with E-state index in [1.165, 1.54) is 24.3 Å². The van der Waals surface area contributed by atoms with E-state index >= 15 is 0 Å². The van der Waals surface area contributed by atoms with Crippen molar-refractivity contribution in [3.05, 3.63) is 46.2 Å². The molecule has 2 aliphatic heterocycles. The summed E-state index contributed by atoms with van der Waals surface area (Å²) in [6.45, 7) is 1.85. The number of aromatic nitrogens is 2. The molecule has 0 radical (unpaired) electrons. The van der Waals surface area contributed by atoms with Crippen LogP contribution in [0.15, 0.2) is 45.2 Å². The number of amides is 2. The number of pyridine rings is 1. The Kier molecular flexibility index (Phi) is 7.09. The van der Waals surface area contributed by atoms with Crippen LogP contribution in [-0.2, 0) is 24.0 Å². The Bertz CT molecular complexity index is 1290. The van der Waals surface area contributed by atoms with Gasteiger partial charge in [0.25, 0.3) is 11.8 Å². The predicted molar refractivity (Wildman–Crippen MR) is 130 cm³/mol. The van der Waals surface area contributed by atoms with Crippen LogP contribution in [0.5, 0.6) is 0 Å². The molecule has 0 saturated carbocycles. The van der Waals surface area contributed by atoms with Crippen molar-refractivity contribution >= 4 is 68.6 Å². The number of hydrogen-bond donors (Lipinski definition) is 3. The number of nitrogens with zero attached hydrogens (tertiary/aromatic N) is 4. The van der Waals surface area contributed by atoms with Crippen molar-refractivity contribution in [2.24, 2.45) is 5.16 Å². The maximum absolute atomic E-state index is 12.9. The summed E-state index contributed by atoms with van der Waals surface area (Å²) in [5.74, 6) is -2.76. The summed E-state index contributed by atoms with van der Waals surface area (Å²) < 4.78 is 0. The maximum Gasteiger partial charge on any atom is 0.353 e. The van der Waals surface area contributed by atoms with Gasteiger partial charge in [-0.15, -0.1) is 23.1 Å². The number of carboxylic acid groups (broad SMARTS) is 1. The monoisotopic (exact) mass is 534 g/mol. The number of aliphatic carboxylic acids is 1. The van der Waals surface area contributed by atoms with Crippen LogP contribution in [0, 0.1) is 6.92 Å². The van der Waals surface area contributed by atoms with Crippen molar-refractivity contribution in [3.8, 4) is 0 Å². The summed E-state index contributed by atoms with van der Waals surface area (Å²) in [5, 5.41) is 17.0. The van der Waals surface area contributed by atoms with Gasteiger partial charge >= 0.3 is 5.97 Å². The normalized spacial score (nSPS) is 19.7. The quantitative estimate of drug-likeness (QED) is 0.198. The maximum atomic E-state index is 12.9. The molecule has 15 heteroatoms. The third-order valence-electron chi connectivity index (χ3n) is 4.95. The van der Waals surface area contributed by atoms with Gasteiger partial charge in [-0.3, -0.25) is 19.3 Å². The molecule has 1 fully saturated rings. The zero-order valence-electron chi connectivity index (χ0n) is 18.3. The molecule has 0 aromatic carbocycles. The summed E-state index contributed by atoms with van der Waals surface area (Å²) in [6, 6.07) is 2.46. The van der Waals surface area contributed by atoms with E-state index in [-0.39, 0.29) is 27.9 Å². The first-order chi connectivity index (χ1) is 16.7. The fourth-order valence-electron chi connectivity index (χ4n) is 3.40. The fourth-order valence-corrected chi connectivity index (χ4v) is 6.22. The predicted octanol–water partition coefficient (Wildman–Crippen LogP) is 0.837. The summed E-state index contributed by atoms with van der Waals surface area (Å²) in [6.07, 6.45) is 1.55. The molecule has 4 rings (SSSR count). The lowest BCUT2D eigenvalue weighted by Crippen LogP contribution is -2.71. The molecule has 1 saturated heterocycles. The number of β-lactam (4-membered cyclic amide) rings is 1. The first-order valence-electron chi connectivity index (χ1n) is 9.90. The summed E-state index contributed by atoms with van der Waals surface area (Å²) >= 11 is 3.07. The molecular formula is C20H18N6O6S3. The molecule has 12 nitrogen and oxygen atoms in total. The first-order valence-corrected chi connectivity index (χ1v) is 12.6. The minimum atomic E-state index is -1.41. The van der Waals surface area contributed by atoms with Gasteiger partial charge in [-0.1, -0.05) is 5.16 Å². The number of hydrogen-bond acceptors (Lipinski definition) is 12. The van der Waals surface area contributed by atoms with Crippen LogP contribution >= 0.6 is 34.9 Å². The summed E-state index contributed by atoms with van der Waals surface area (Å²) in [5.41, 5.74) is 6.10. The van der Waals surface area contributed by atoms with E-state index in [1.807, 2.05) is 6.92 Å². The first kappa shape index (κ1) is 24.7. The average molecular weight is 535 g/mol. The van der Waals surface area contributed by atoms with E-state index < -0.39 is 40.0 Å². The van der Waals surface area contributed by atoms with Crippen LogP contribution in [0.2, 0.25) is 0 Å². The van der Waals surface area contributed by atoms with Crippen molar-refractivity contribution in [1.29, 1.82) is 0 Å². The van der Waals surface area contributed by atoms with Gasteiger partial charge in [-0.05, 0) is 36.4 Å². The number of rotatable bonds is 7. The molecular weight excluding hydrogens is 516 g/mol. The Morgan fingerprint density at radius 1 is 1.40 bits per heavy atom. The van der Waals surface area contributed by atoms with Crippen LogP contribution in [0.4, 0.5) is 5.13 Å². The molecule has 2 aromatic heterocycles. The number of nitrogen functional groups attached to an aromatic ring is 1. The topological polar surface area (TPSA) is 177 Å². The number of anilines is 1. The SMILES string of the molecule is CON=C(C(=O)NC1C(=O)N2C(C(=O)O)=C(C(=O)Sc3cc(C)ccn3)CS[C@@H]12)c1csc(N)n1. The molecule has 2 aromatic rings. The molecule has 182 valence electrons. The van der Waals surface area contributed by atoms with Crippen molar-refractivity contribution < 1.29 is 29.1 Å². The van der Waals surface area contributed by atoms with Gasteiger partial charge in [-0.2, -0.15) is 0 Å². The molecule has 2 atom stereocenters. The van der Waals surface area contributed by atoms with Gasteiger partial charge in [0, 0.05) is 22.9 Å². The molecule has 4 heterocycles. The highest BCUT2D eigenvalue weighted by molar-refractivity contribution is 8.14. The molecule has 0 aliphatic carbocycles. The van der Waals surface area contributed by atoms with Crippen LogP contribution < -0.4 is 11.1 Å². The van der Waals surface area contributed by atoms with Gasteiger partial charge in [-0.25, -0.2) is 14.8 Å². The number of aryl methyl sites for hydroxylation is 1. The van der Waals surface area contributed by atoms with E-state index in [9.17, 15) is 24.3 Å². The number of thiazole rings is 1. The van der Waals surface area contributed by atoms with Gasteiger partial charge in [0.05, 0.1) is 0 Å². The minimum Gasteiger partial charge on any atom is -0.477 e. The van der Waals surface area contributed by atoms with Crippen LogP contribution in [0.1, 0.15) is 11.3 Å². The minimum absolute atomic E-state index is 0.00948. The van der Waals surface area contributed by atoms with E-state index in [4.69, 9.17) is 10.6 Å². The number of carbonyl (C=O) groups is 4. The van der Waals surface area contributed by atoms with Crippen LogP contribution in [0.3, 0.4) is 0 Å². The molecule has 2 aliphatic rings. The zero-order valence-corrected chi connectivity index (χ0v) is 20.7. The number of nitrogens with one attached hydrogen (secondary N) is 1. The second kappa shape index (κ2) is 10.1. The lowest BCUT2D eigenvalue weighted by atomic mass is 10.0. The largest absolute Gasteiger partial charge is 0.477 e. The summed E-state index contributed by atoms with van der Waals surface area (Å²) in [7, 11) is 1.25. The number of thioether (sulfide) groups is 2. The van der Waals surface area contributed by atoms with Crippen molar-refractivity contribution in [1.82, 2.24) is 20.2 Å². The highest BCUT2D eigenvalue weighted by Crippen LogP contribution is 2.42. The van der Waals surface area contributed by atoms with Crippen molar-refractivity contribution in [2.45, 2.75) is 23.4 Å². The summed E-state index contributed by atoms with van der Waals surface area (Å²) in [4.78, 5) is 64.5. The number of oxime groups is 1. The molecule has 2 amide bonds. The Morgan fingerprint density at radius 2 is 2.17 bits per heavy atom. The molecule has 35 heavy (non-hydrogen) atoms. The molecule has 0 spiro atoms. The number of carbonyl (C=O) groups excluding carboxylic acids is 3. The zero-order chi connectivity index (χ0) is 25.3. The van der Waals surface area contributed by atoms with Gasteiger partial charge in [0.2, 0.25) is 5.12 Å². The Labute approximate surface area is 211 Å². The lowest BCUT2D eigenvalue weighted by Gasteiger charge is -2.49. The average Bonchev–Trinajstić information content (AvgIpc) is 3.25. The van der Waals surface area contributed by atoms with E-state index in [1.54, 1.807) is 18.3 Å². The van der Waals surface area contributed by atoms with Crippen molar-refractivity contribution in [3.63, 3.8) is 0 Å². The van der Waals surface area contributed by atoms with Gasteiger partial charge in [0.15, 0.2) is 10.8 Å².